The highest BCUT2D eigenvalue weighted by Crippen LogP contribution is 2.29. The van der Waals surface area contributed by atoms with Gasteiger partial charge in [0.25, 0.3) is 0 Å². The Hall–Kier alpha value is -4.18. The van der Waals surface area contributed by atoms with Gasteiger partial charge in [-0.05, 0) is 74.0 Å². The fourth-order valence-electron chi connectivity index (χ4n) is 3.91. The van der Waals surface area contributed by atoms with Gasteiger partial charge in [0.05, 0.1) is 23.7 Å². The first-order valence-corrected chi connectivity index (χ1v) is 12.1. The van der Waals surface area contributed by atoms with E-state index in [2.05, 4.69) is 73.3 Å². The Bertz CT molecular complexity index is 1400. The quantitative estimate of drug-likeness (QED) is 0.159. The van der Waals surface area contributed by atoms with E-state index in [9.17, 15) is 9.50 Å². The zero-order valence-corrected chi connectivity index (χ0v) is 21.5. The summed E-state index contributed by atoms with van der Waals surface area (Å²) in [6.45, 7) is 11.1. The molecule has 0 radical (unpaired) electrons. The number of benzene rings is 2. The molecule has 2 aromatic carbocycles. The number of nitrogens with zero attached hydrogens (tertiary/aromatic N) is 2. The summed E-state index contributed by atoms with van der Waals surface area (Å²) in [7, 11) is 0. The van der Waals surface area contributed by atoms with Gasteiger partial charge in [0, 0.05) is 23.8 Å². The van der Waals surface area contributed by atoms with Crippen LogP contribution in [0.15, 0.2) is 85.6 Å². The molecule has 0 aliphatic rings. The fraction of sp³-hybridized carbons (Fsp3) is 0.194. The van der Waals surface area contributed by atoms with E-state index in [1.54, 1.807) is 36.4 Å². The van der Waals surface area contributed by atoms with Crippen LogP contribution in [0.2, 0.25) is 0 Å². The van der Waals surface area contributed by atoms with Crippen LogP contribution in [-0.4, -0.2) is 21.0 Å². The van der Waals surface area contributed by atoms with Crippen molar-refractivity contribution in [1.82, 2.24) is 20.0 Å². The van der Waals surface area contributed by atoms with Crippen molar-refractivity contribution >= 4 is 11.3 Å². The Balaban J connectivity index is 0.000000266. The lowest BCUT2D eigenvalue weighted by molar-refractivity contribution is 0.282. The zero-order valence-electron chi connectivity index (χ0n) is 21.5. The lowest BCUT2D eigenvalue weighted by Gasteiger charge is -2.12. The number of aryl methyl sites for hydroxylation is 1. The minimum absolute atomic E-state index is 0.0808. The van der Waals surface area contributed by atoms with E-state index in [4.69, 9.17) is 6.42 Å². The second-order valence-electron chi connectivity index (χ2n) is 8.51. The second kappa shape index (κ2) is 13.2. The predicted octanol–water partition coefficient (Wildman–Crippen LogP) is 6.01. The van der Waals surface area contributed by atoms with Crippen molar-refractivity contribution < 1.29 is 9.50 Å². The Kier molecular flexibility index (Phi) is 9.79. The average molecular weight is 497 g/mol. The van der Waals surface area contributed by atoms with Gasteiger partial charge in [0.15, 0.2) is 0 Å². The van der Waals surface area contributed by atoms with Crippen LogP contribution in [0, 0.1) is 25.2 Å². The number of hydrogen-bond acceptors (Lipinski definition) is 4. The summed E-state index contributed by atoms with van der Waals surface area (Å²) in [6.07, 6.45) is 10.6. The third-order valence-electron chi connectivity index (χ3n) is 5.82. The molecule has 0 aliphatic heterocycles. The number of hydrogen-bond donors (Lipinski definition) is 3. The number of allylic oxidation sites excluding steroid dienone is 2. The summed E-state index contributed by atoms with van der Waals surface area (Å²) >= 11 is 0. The maximum atomic E-state index is 13.3. The summed E-state index contributed by atoms with van der Waals surface area (Å²) < 4.78 is 15.1. The van der Waals surface area contributed by atoms with Crippen molar-refractivity contribution in [2.24, 2.45) is 0 Å². The topological polar surface area (TPSA) is 61.6 Å². The number of halogens is 1. The molecule has 0 spiro atoms. The predicted molar refractivity (Wildman–Crippen MR) is 150 cm³/mol. The number of fused-ring (bicyclic) bond motifs is 1. The van der Waals surface area contributed by atoms with Crippen molar-refractivity contribution in [2.75, 3.05) is 6.54 Å². The second-order valence-corrected chi connectivity index (χ2v) is 8.51. The molecule has 5 nitrogen and oxygen atoms in total. The van der Waals surface area contributed by atoms with Crippen LogP contribution >= 0.6 is 0 Å². The van der Waals surface area contributed by atoms with Crippen molar-refractivity contribution in [3.05, 3.63) is 114 Å². The molecule has 6 heteroatoms. The number of aromatic nitrogens is 2. The Morgan fingerprint density at radius 1 is 1.19 bits per heavy atom. The third-order valence-corrected chi connectivity index (χ3v) is 5.82. The molecule has 2 heterocycles. The van der Waals surface area contributed by atoms with Crippen molar-refractivity contribution in [1.29, 1.82) is 0 Å². The third kappa shape index (κ3) is 6.95. The molecule has 4 aromatic rings. The van der Waals surface area contributed by atoms with E-state index in [0.29, 0.717) is 23.1 Å². The van der Waals surface area contributed by atoms with Gasteiger partial charge in [0.1, 0.15) is 11.5 Å². The Morgan fingerprint density at radius 3 is 2.49 bits per heavy atom. The molecule has 37 heavy (non-hydrogen) atoms. The lowest BCUT2D eigenvalue weighted by atomic mass is 10.1. The molecule has 0 saturated carbocycles. The highest BCUT2D eigenvalue weighted by atomic mass is 19.1. The van der Waals surface area contributed by atoms with Crippen molar-refractivity contribution in [2.45, 2.75) is 33.4 Å². The zero-order chi connectivity index (χ0) is 26.8. The number of imidazole rings is 1. The van der Waals surface area contributed by atoms with E-state index in [1.807, 2.05) is 10.6 Å². The molecule has 1 unspecified atom stereocenters. The van der Waals surface area contributed by atoms with Crippen LogP contribution < -0.4 is 10.6 Å². The van der Waals surface area contributed by atoms with E-state index < -0.39 is 0 Å². The molecule has 0 amide bonds. The molecular weight excluding hydrogens is 463 g/mol. The van der Waals surface area contributed by atoms with E-state index in [-0.39, 0.29) is 12.4 Å². The highest BCUT2D eigenvalue weighted by Gasteiger charge is 2.17. The molecule has 0 aliphatic carbocycles. The first kappa shape index (κ1) is 27.4. The first-order valence-electron chi connectivity index (χ1n) is 12.1. The number of rotatable bonds is 8. The lowest BCUT2D eigenvalue weighted by Crippen LogP contribution is -2.17. The molecule has 2 aromatic heterocycles. The van der Waals surface area contributed by atoms with Gasteiger partial charge in [-0.3, -0.25) is 4.40 Å². The summed E-state index contributed by atoms with van der Waals surface area (Å²) in [5.41, 5.74) is 6.84. The normalized spacial score (nSPS) is 11.8. The van der Waals surface area contributed by atoms with Crippen LogP contribution in [0.5, 0.6) is 0 Å². The van der Waals surface area contributed by atoms with Crippen LogP contribution in [0.25, 0.3) is 22.6 Å². The number of pyridine rings is 1. The maximum Gasteiger partial charge on any atom is 0.138 e. The monoisotopic (exact) mass is 496 g/mol. The highest BCUT2D eigenvalue weighted by molar-refractivity contribution is 5.80. The van der Waals surface area contributed by atoms with E-state index >= 15 is 0 Å². The van der Waals surface area contributed by atoms with E-state index in [1.165, 1.54) is 23.3 Å². The largest absolute Gasteiger partial charge is 0.392 e. The summed E-state index contributed by atoms with van der Waals surface area (Å²) in [6, 6.07) is 21.2. The maximum absolute atomic E-state index is 13.3. The fourth-order valence-corrected chi connectivity index (χ4v) is 3.91. The van der Waals surface area contributed by atoms with Crippen LogP contribution in [-0.2, 0) is 6.61 Å². The van der Waals surface area contributed by atoms with Gasteiger partial charge in [-0.1, -0.05) is 55.8 Å². The molecule has 3 N–H and O–H groups in total. The minimum Gasteiger partial charge on any atom is -0.392 e. The van der Waals surface area contributed by atoms with Gasteiger partial charge >= 0.3 is 0 Å². The van der Waals surface area contributed by atoms with E-state index in [0.717, 1.165) is 23.4 Å². The van der Waals surface area contributed by atoms with Gasteiger partial charge in [0.2, 0.25) is 0 Å². The van der Waals surface area contributed by atoms with Crippen LogP contribution in [0.4, 0.5) is 4.39 Å². The van der Waals surface area contributed by atoms with Crippen molar-refractivity contribution in [3.63, 3.8) is 0 Å². The smallest absolute Gasteiger partial charge is 0.138 e. The summed E-state index contributed by atoms with van der Waals surface area (Å²) in [5, 5.41) is 15.6. The summed E-state index contributed by atoms with van der Waals surface area (Å²) in [4.78, 5) is 4.65. The van der Waals surface area contributed by atoms with Gasteiger partial charge in [-0.2, -0.15) is 0 Å². The van der Waals surface area contributed by atoms with Crippen LogP contribution in [0.1, 0.15) is 42.3 Å². The molecule has 0 fully saturated rings. The molecule has 4 rings (SSSR count). The van der Waals surface area contributed by atoms with Gasteiger partial charge in [-0.15, -0.1) is 0 Å². The van der Waals surface area contributed by atoms with Crippen LogP contribution in [0.3, 0.4) is 0 Å². The minimum atomic E-state index is -0.319. The standard InChI is InChI=1S/C20H16FN3O.C11H17N/c1-3-5-17(22-4-2)20-19(15-6-8-16(21)9-7-15)23-18-12-14(13-25)10-11-24(18)20;1-4-12-10(3)11-7-5-9(2)6-8-11/h2-3,5-12,22,25H,1,13H2;5-8,10,12H,4H2,1-3H3/b17-5-;. The Morgan fingerprint density at radius 2 is 1.89 bits per heavy atom. The number of nitrogens with one attached hydrogen (secondary N) is 2. The van der Waals surface area contributed by atoms with Crippen molar-refractivity contribution in [3.8, 4) is 23.7 Å². The number of aliphatic hydroxyl groups is 1. The Labute approximate surface area is 218 Å². The first-order chi connectivity index (χ1) is 17.9. The summed E-state index contributed by atoms with van der Waals surface area (Å²) in [5.74, 6) is -0.319. The van der Waals surface area contributed by atoms with Gasteiger partial charge < -0.3 is 15.7 Å². The average Bonchev–Trinajstić information content (AvgIpc) is 3.28. The number of aliphatic hydroxyl groups excluding tert-OH is 1. The number of terminal acetylenes is 1. The molecule has 0 saturated heterocycles. The van der Waals surface area contributed by atoms with Gasteiger partial charge in [-0.25, -0.2) is 9.37 Å². The molecular formula is C31H33FN4O. The molecule has 190 valence electrons. The SMILES string of the molecule is C#CN/C(=C\C=C)c1c(-c2ccc(F)cc2)nc2cc(CO)ccn12.CCNC(C)c1ccc(C)cc1. The molecule has 0 bridgehead atoms. The molecule has 1 atom stereocenters.